The van der Waals surface area contributed by atoms with Crippen molar-refractivity contribution >= 4 is 42.9 Å². The second-order valence-corrected chi connectivity index (χ2v) is 11.1. The van der Waals surface area contributed by atoms with Gasteiger partial charge in [0.1, 0.15) is 0 Å². The number of thioether (sulfide) groups is 1. The summed E-state index contributed by atoms with van der Waals surface area (Å²) in [5, 5.41) is 0.326. The molecule has 0 spiro atoms. The van der Waals surface area contributed by atoms with Gasteiger partial charge in [-0.05, 0) is 0 Å². The Morgan fingerprint density at radius 1 is 0.906 bits per heavy atom. The Hall–Kier alpha value is -2.33. The first-order valence-corrected chi connectivity index (χ1v) is 13.7. The first-order valence-electron chi connectivity index (χ1n) is 10.5. The monoisotopic (exact) mass is 512 g/mol. The van der Waals surface area contributed by atoms with Crippen LogP contribution in [0.3, 0.4) is 0 Å². The fraction of sp³-hybridized carbons (Fsp3) is 0.259. The summed E-state index contributed by atoms with van der Waals surface area (Å²) < 4.78 is 6.45. The van der Waals surface area contributed by atoms with Crippen molar-refractivity contribution in [1.29, 1.82) is 0 Å². The van der Waals surface area contributed by atoms with Crippen molar-refractivity contribution in [2.24, 2.45) is 0 Å². The zero-order valence-corrected chi connectivity index (χ0v) is 21.1. The fourth-order valence-electron chi connectivity index (χ4n) is 3.64. The van der Waals surface area contributed by atoms with E-state index >= 15 is 0 Å². The maximum atomic E-state index is 13.2. The van der Waals surface area contributed by atoms with Crippen LogP contribution in [0.25, 0.3) is 0 Å². The van der Waals surface area contributed by atoms with Gasteiger partial charge in [-0.25, -0.2) is 0 Å². The summed E-state index contributed by atoms with van der Waals surface area (Å²) in [6, 6.07) is 27.5. The summed E-state index contributed by atoms with van der Waals surface area (Å²) in [5.41, 5.74) is 2.90. The van der Waals surface area contributed by atoms with E-state index in [0.717, 1.165) is 5.56 Å². The Balaban J connectivity index is 2.00. The second-order valence-electron chi connectivity index (χ2n) is 7.49. The van der Waals surface area contributed by atoms with Crippen molar-refractivity contribution in [3.63, 3.8) is 0 Å². The number of hydrogen-bond donors (Lipinski definition) is 0. The molecule has 3 rings (SSSR count). The molecule has 3 atom stereocenters. The van der Waals surface area contributed by atoms with Crippen LogP contribution >= 0.6 is 11.8 Å². The van der Waals surface area contributed by atoms with Gasteiger partial charge in [0.2, 0.25) is 0 Å². The standard InChI is InChI=1S/C27H28O3SSe/c1-19(31-3)22-16-10-11-17-25(22)32-26(27(29)30-2)23(20-12-6-4-7-13-20)18-24(28)21-14-8-5-9-15-21/h4-17,19,23,26H,18H2,1-3H3/t19-,23+,26+/m0/s1. The molecule has 0 aliphatic heterocycles. The molecule has 0 heterocycles. The molecule has 0 N–H and O–H groups in total. The Kier molecular flexibility index (Phi) is 9.16. The Labute approximate surface area is 201 Å². The molecule has 3 aromatic rings. The van der Waals surface area contributed by atoms with E-state index in [-0.39, 0.29) is 39.0 Å². The van der Waals surface area contributed by atoms with Crippen molar-refractivity contribution in [1.82, 2.24) is 0 Å². The molecule has 5 heteroatoms. The van der Waals surface area contributed by atoms with E-state index in [1.807, 2.05) is 72.8 Å². The second kappa shape index (κ2) is 12.1. The molecule has 0 saturated heterocycles. The number of rotatable bonds is 10. The predicted molar refractivity (Wildman–Crippen MR) is 134 cm³/mol. The third kappa shape index (κ3) is 6.13. The summed E-state index contributed by atoms with van der Waals surface area (Å²) in [7, 11) is 1.43. The molecule has 0 aliphatic rings. The molecule has 0 saturated carbocycles. The number of carbonyl (C=O) groups is 2. The van der Waals surface area contributed by atoms with Crippen LogP contribution in [0.4, 0.5) is 0 Å². The van der Waals surface area contributed by atoms with Gasteiger partial charge in [0.15, 0.2) is 0 Å². The van der Waals surface area contributed by atoms with Gasteiger partial charge in [0, 0.05) is 0 Å². The van der Waals surface area contributed by atoms with Crippen LogP contribution in [0.2, 0.25) is 4.82 Å². The Morgan fingerprint density at radius 2 is 1.50 bits per heavy atom. The molecule has 0 radical (unpaired) electrons. The summed E-state index contributed by atoms with van der Waals surface area (Å²) in [4.78, 5) is 25.8. The zero-order chi connectivity index (χ0) is 22.9. The SMILES string of the molecule is COC(=O)[C@H]([Se]c1ccccc1[C@H](C)SC)[C@H](CC(=O)c1ccccc1)c1ccccc1. The van der Waals surface area contributed by atoms with Crippen molar-refractivity contribution < 1.29 is 14.3 Å². The van der Waals surface area contributed by atoms with Gasteiger partial charge < -0.3 is 0 Å². The van der Waals surface area contributed by atoms with Crippen LogP contribution in [0, 0.1) is 0 Å². The molecule has 166 valence electrons. The van der Waals surface area contributed by atoms with E-state index in [1.165, 1.54) is 17.1 Å². The summed E-state index contributed by atoms with van der Waals surface area (Å²) >= 11 is 1.58. The van der Waals surface area contributed by atoms with Crippen molar-refractivity contribution in [3.8, 4) is 0 Å². The van der Waals surface area contributed by atoms with Crippen LogP contribution in [0.1, 0.15) is 46.0 Å². The number of methoxy groups -OCH3 is 1. The van der Waals surface area contributed by atoms with Crippen LogP contribution < -0.4 is 4.46 Å². The van der Waals surface area contributed by atoms with Crippen LogP contribution in [0.5, 0.6) is 0 Å². The quantitative estimate of drug-likeness (QED) is 0.206. The van der Waals surface area contributed by atoms with Crippen LogP contribution in [0.15, 0.2) is 84.9 Å². The fourth-order valence-corrected chi connectivity index (χ4v) is 7.25. The number of ketones is 1. The zero-order valence-electron chi connectivity index (χ0n) is 18.6. The van der Waals surface area contributed by atoms with Crippen molar-refractivity contribution in [3.05, 3.63) is 102 Å². The molecule has 32 heavy (non-hydrogen) atoms. The van der Waals surface area contributed by atoms with Gasteiger partial charge in [-0.2, -0.15) is 0 Å². The molecule has 0 aromatic heterocycles. The third-order valence-corrected chi connectivity index (χ3v) is 9.39. The molecule has 0 bridgehead atoms. The van der Waals surface area contributed by atoms with E-state index in [0.29, 0.717) is 10.8 Å². The minimum atomic E-state index is -0.405. The molecule has 3 aromatic carbocycles. The van der Waals surface area contributed by atoms with Gasteiger partial charge in [0.25, 0.3) is 0 Å². The van der Waals surface area contributed by atoms with Gasteiger partial charge in [0.05, 0.1) is 0 Å². The van der Waals surface area contributed by atoms with Crippen molar-refractivity contribution in [2.75, 3.05) is 13.4 Å². The summed E-state index contributed by atoms with van der Waals surface area (Å²) in [5.74, 6) is -0.477. The molecule has 3 nitrogen and oxygen atoms in total. The maximum absolute atomic E-state index is 13.2. The van der Waals surface area contributed by atoms with E-state index in [2.05, 4.69) is 25.3 Å². The Bertz CT molecular complexity index is 1020. The number of esters is 1. The summed E-state index contributed by atoms with van der Waals surface area (Å²) in [6.07, 6.45) is 2.35. The van der Waals surface area contributed by atoms with E-state index < -0.39 is 4.82 Å². The van der Waals surface area contributed by atoms with Crippen LogP contribution in [-0.2, 0) is 9.53 Å². The first kappa shape index (κ1) is 24.3. The number of carbonyl (C=O) groups excluding carboxylic acids is 2. The number of Topliss-reactive ketones (excluding diaryl/α,β-unsaturated/α-hetero) is 1. The molecule has 0 amide bonds. The minimum absolute atomic E-state index is 0.0370. The Morgan fingerprint density at radius 3 is 2.12 bits per heavy atom. The van der Waals surface area contributed by atoms with Gasteiger partial charge in [-0.3, -0.25) is 0 Å². The molecule has 0 aliphatic carbocycles. The average molecular weight is 512 g/mol. The van der Waals surface area contributed by atoms with E-state index in [9.17, 15) is 9.59 Å². The molecular formula is C27H28O3SSe. The molecular weight excluding hydrogens is 483 g/mol. The van der Waals surface area contributed by atoms with Crippen molar-refractivity contribution in [2.45, 2.75) is 29.3 Å². The molecule has 0 unspecified atom stereocenters. The predicted octanol–water partition coefficient (Wildman–Crippen LogP) is 5.46. The van der Waals surface area contributed by atoms with Crippen LogP contribution in [-0.4, -0.2) is 40.1 Å². The number of ether oxygens (including phenoxy) is 1. The number of benzene rings is 3. The van der Waals surface area contributed by atoms with Gasteiger partial charge in [-0.15, -0.1) is 0 Å². The normalized spacial score (nSPS) is 13.7. The average Bonchev–Trinajstić information content (AvgIpc) is 2.86. The van der Waals surface area contributed by atoms with Gasteiger partial charge in [-0.1, -0.05) is 0 Å². The third-order valence-electron chi connectivity index (χ3n) is 5.49. The topological polar surface area (TPSA) is 43.4 Å². The number of hydrogen-bond acceptors (Lipinski definition) is 4. The summed E-state index contributed by atoms with van der Waals surface area (Å²) in [6.45, 7) is 2.18. The van der Waals surface area contributed by atoms with E-state index in [4.69, 9.17) is 4.74 Å². The first-order chi connectivity index (χ1) is 15.5. The van der Waals surface area contributed by atoms with E-state index in [1.54, 1.807) is 11.8 Å². The van der Waals surface area contributed by atoms with Gasteiger partial charge >= 0.3 is 202 Å². The molecule has 0 fully saturated rings.